The summed E-state index contributed by atoms with van der Waals surface area (Å²) < 4.78 is 29.1. The first-order valence-electron chi connectivity index (χ1n) is 7.19. The van der Waals surface area contributed by atoms with Gasteiger partial charge in [-0.05, 0) is 31.4 Å². The number of anilines is 1. The molecule has 5 nitrogen and oxygen atoms in total. The van der Waals surface area contributed by atoms with E-state index in [-0.39, 0.29) is 6.04 Å². The minimum Gasteiger partial charge on any atom is -0.314 e. The molecule has 1 N–H and O–H groups in total. The molecule has 1 saturated heterocycles. The number of hydrogen-bond donors (Lipinski definition) is 1. The zero-order valence-electron chi connectivity index (χ0n) is 11.7. The van der Waals surface area contributed by atoms with E-state index < -0.39 is 10.2 Å². The fourth-order valence-corrected chi connectivity index (χ4v) is 4.89. The second-order valence-corrected chi connectivity index (χ2v) is 7.27. The van der Waals surface area contributed by atoms with Gasteiger partial charge in [0, 0.05) is 32.2 Å². The average Bonchev–Trinajstić information content (AvgIpc) is 2.47. The third kappa shape index (κ3) is 2.32. The predicted molar refractivity (Wildman–Crippen MR) is 80.1 cm³/mol. The zero-order chi connectivity index (χ0) is 14.2. The Morgan fingerprint density at radius 2 is 1.90 bits per heavy atom. The number of fused-ring (bicyclic) bond motifs is 1. The molecule has 6 heteroatoms. The SMILES string of the molecule is CC1CCc2ccccc2N1S(=O)(=O)N1CCNCC1. The third-order valence-corrected chi connectivity index (χ3v) is 6.18. The first-order valence-corrected chi connectivity index (χ1v) is 8.58. The largest absolute Gasteiger partial charge is 0.314 e. The molecular weight excluding hydrogens is 274 g/mol. The van der Waals surface area contributed by atoms with E-state index in [1.165, 1.54) is 0 Å². The van der Waals surface area contributed by atoms with Crippen molar-refractivity contribution in [1.82, 2.24) is 9.62 Å². The second kappa shape index (κ2) is 5.35. The molecule has 0 radical (unpaired) electrons. The number of nitrogens with one attached hydrogen (secondary N) is 1. The van der Waals surface area contributed by atoms with Crippen LogP contribution in [0.2, 0.25) is 0 Å². The molecule has 3 rings (SSSR count). The Bertz CT molecular complexity index is 582. The lowest BCUT2D eigenvalue weighted by Gasteiger charge is -2.40. The normalized spacial score (nSPS) is 24.4. The van der Waals surface area contributed by atoms with Crippen molar-refractivity contribution in [2.75, 3.05) is 30.5 Å². The predicted octanol–water partition coefficient (Wildman–Crippen LogP) is 0.978. The van der Waals surface area contributed by atoms with Crippen molar-refractivity contribution >= 4 is 15.9 Å². The van der Waals surface area contributed by atoms with Gasteiger partial charge in [0.05, 0.1) is 5.69 Å². The van der Waals surface area contributed by atoms with E-state index in [9.17, 15) is 8.42 Å². The summed E-state index contributed by atoms with van der Waals surface area (Å²) in [6.45, 7) is 4.54. The van der Waals surface area contributed by atoms with Crippen LogP contribution >= 0.6 is 0 Å². The number of rotatable bonds is 2. The molecular formula is C14H21N3O2S. The molecule has 2 heterocycles. The molecule has 0 saturated carbocycles. The molecule has 2 aliphatic heterocycles. The van der Waals surface area contributed by atoms with Gasteiger partial charge in [0.15, 0.2) is 0 Å². The maximum absolute atomic E-state index is 12.9. The van der Waals surface area contributed by atoms with Crippen LogP contribution in [0.15, 0.2) is 24.3 Å². The Labute approximate surface area is 120 Å². The molecule has 1 fully saturated rings. The van der Waals surface area contributed by atoms with Crippen LogP contribution in [-0.2, 0) is 16.6 Å². The van der Waals surface area contributed by atoms with E-state index in [4.69, 9.17) is 0 Å². The van der Waals surface area contributed by atoms with E-state index in [0.29, 0.717) is 13.1 Å². The lowest BCUT2D eigenvalue weighted by Crippen LogP contribution is -2.55. The molecule has 1 unspecified atom stereocenters. The first kappa shape index (κ1) is 13.9. The van der Waals surface area contributed by atoms with E-state index >= 15 is 0 Å². The Morgan fingerprint density at radius 3 is 2.65 bits per heavy atom. The summed E-state index contributed by atoms with van der Waals surface area (Å²) in [6, 6.07) is 7.86. The van der Waals surface area contributed by atoms with E-state index in [1.54, 1.807) is 8.61 Å². The van der Waals surface area contributed by atoms with Crippen LogP contribution in [0.1, 0.15) is 18.9 Å². The highest BCUT2D eigenvalue weighted by Crippen LogP contribution is 2.33. The van der Waals surface area contributed by atoms with Crippen molar-refractivity contribution in [2.24, 2.45) is 0 Å². The Kier molecular flexibility index (Phi) is 3.70. The standard InChI is InChI=1S/C14H21N3O2S/c1-12-6-7-13-4-2-3-5-14(13)17(12)20(18,19)16-10-8-15-9-11-16/h2-5,12,15H,6-11H2,1H3. The molecule has 20 heavy (non-hydrogen) atoms. The topological polar surface area (TPSA) is 52.7 Å². The molecule has 0 aliphatic carbocycles. The van der Waals surface area contributed by atoms with Gasteiger partial charge in [-0.15, -0.1) is 0 Å². The molecule has 0 bridgehead atoms. The highest BCUT2D eigenvalue weighted by Gasteiger charge is 2.36. The van der Waals surface area contributed by atoms with Crippen molar-refractivity contribution in [3.63, 3.8) is 0 Å². The second-order valence-electron chi connectivity index (χ2n) is 5.47. The average molecular weight is 295 g/mol. The van der Waals surface area contributed by atoms with Gasteiger partial charge in [0.25, 0.3) is 0 Å². The first-order chi connectivity index (χ1) is 9.60. The highest BCUT2D eigenvalue weighted by molar-refractivity contribution is 7.90. The van der Waals surface area contributed by atoms with Gasteiger partial charge >= 0.3 is 10.2 Å². The van der Waals surface area contributed by atoms with E-state index in [1.807, 2.05) is 31.2 Å². The quantitative estimate of drug-likeness (QED) is 0.885. The zero-order valence-corrected chi connectivity index (χ0v) is 12.6. The van der Waals surface area contributed by atoms with Crippen LogP contribution in [0.3, 0.4) is 0 Å². The Morgan fingerprint density at radius 1 is 1.20 bits per heavy atom. The summed E-state index contributed by atoms with van der Waals surface area (Å²) in [6.07, 6.45) is 1.83. The number of para-hydroxylation sites is 1. The number of nitrogens with zero attached hydrogens (tertiary/aromatic N) is 2. The van der Waals surface area contributed by atoms with Gasteiger partial charge in [0.1, 0.15) is 0 Å². The van der Waals surface area contributed by atoms with Gasteiger partial charge in [-0.2, -0.15) is 12.7 Å². The summed E-state index contributed by atoms with van der Waals surface area (Å²) in [4.78, 5) is 0. The fourth-order valence-electron chi connectivity index (χ4n) is 3.01. The van der Waals surface area contributed by atoms with Crippen molar-refractivity contribution in [1.29, 1.82) is 0 Å². The molecule has 1 atom stereocenters. The minimum atomic E-state index is -3.42. The summed E-state index contributed by atoms with van der Waals surface area (Å²) in [5.41, 5.74) is 1.98. The van der Waals surface area contributed by atoms with Crippen LogP contribution in [0.4, 0.5) is 5.69 Å². The monoisotopic (exact) mass is 295 g/mol. The number of aryl methyl sites for hydroxylation is 1. The number of hydrogen-bond acceptors (Lipinski definition) is 3. The van der Waals surface area contributed by atoms with Crippen LogP contribution in [0.5, 0.6) is 0 Å². The van der Waals surface area contributed by atoms with Crippen LogP contribution in [0.25, 0.3) is 0 Å². The molecule has 0 amide bonds. The minimum absolute atomic E-state index is 0.0183. The van der Waals surface area contributed by atoms with Gasteiger partial charge in [0.2, 0.25) is 0 Å². The molecule has 0 spiro atoms. The van der Waals surface area contributed by atoms with Crippen molar-refractivity contribution in [3.8, 4) is 0 Å². The molecule has 1 aromatic rings. The lowest BCUT2D eigenvalue weighted by atomic mass is 9.99. The van der Waals surface area contributed by atoms with Gasteiger partial charge in [-0.3, -0.25) is 4.31 Å². The third-order valence-electron chi connectivity index (χ3n) is 4.11. The van der Waals surface area contributed by atoms with Crippen LogP contribution in [-0.4, -0.2) is 44.9 Å². The summed E-state index contributed by atoms with van der Waals surface area (Å²) >= 11 is 0. The smallest absolute Gasteiger partial charge is 0.304 e. The maximum Gasteiger partial charge on any atom is 0.304 e. The summed E-state index contributed by atoms with van der Waals surface area (Å²) in [7, 11) is -3.42. The van der Waals surface area contributed by atoms with E-state index in [2.05, 4.69) is 5.32 Å². The highest BCUT2D eigenvalue weighted by atomic mass is 32.2. The molecule has 2 aliphatic rings. The lowest BCUT2D eigenvalue weighted by molar-refractivity contribution is 0.355. The Hall–Kier alpha value is -1.11. The number of benzene rings is 1. The van der Waals surface area contributed by atoms with E-state index in [0.717, 1.165) is 37.2 Å². The summed E-state index contributed by atoms with van der Waals surface area (Å²) in [5, 5.41) is 3.20. The van der Waals surface area contributed by atoms with Crippen molar-refractivity contribution in [2.45, 2.75) is 25.8 Å². The Balaban J connectivity index is 1.99. The molecule has 1 aromatic carbocycles. The molecule has 0 aromatic heterocycles. The van der Waals surface area contributed by atoms with Crippen LogP contribution < -0.4 is 9.62 Å². The van der Waals surface area contributed by atoms with Gasteiger partial charge < -0.3 is 5.32 Å². The van der Waals surface area contributed by atoms with Crippen molar-refractivity contribution in [3.05, 3.63) is 29.8 Å². The summed E-state index contributed by atoms with van der Waals surface area (Å²) in [5.74, 6) is 0. The number of piperazine rings is 1. The van der Waals surface area contributed by atoms with Gasteiger partial charge in [-0.25, -0.2) is 0 Å². The maximum atomic E-state index is 12.9. The van der Waals surface area contributed by atoms with Crippen molar-refractivity contribution < 1.29 is 8.42 Å². The van der Waals surface area contributed by atoms with Crippen LogP contribution in [0, 0.1) is 0 Å². The fraction of sp³-hybridized carbons (Fsp3) is 0.571. The van der Waals surface area contributed by atoms with Gasteiger partial charge in [-0.1, -0.05) is 18.2 Å². The molecule has 110 valence electrons.